The Morgan fingerprint density at radius 3 is 2.56 bits per heavy atom. The van der Waals surface area contributed by atoms with Crippen molar-refractivity contribution in [1.82, 2.24) is 24.1 Å². The van der Waals surface area contributed by atoms with Gasteiger partial charge in [0.05, 0.1) is 7.11 Å². The molecule has 4 rings (SSSR count). The topological polar surface area (TPSA) is 89.7 Å². The Hall–Kier alpha value is -2.65. The Morgan fingerprint density at radius 1 is 1.09 bits per heavy atom. The number of benzene rings is 1. The second-order valence-corrected chi connectivity index (χ2v) is 8.59. The highest BCUT2D eigenvalue weighted by atomic mass is 35.5. The van der Waals surface area contributed by atoms with E-state index in [1.807, 2.05) is 23.1 Å². The normalized spacial score (nSPS) is 18.0. The van der Waals surface area contributed by atoms with Crippen LogP contribution in [0.5, 0.6) is 0 Å². The molecule has 1 amide bonds. The van der Waals surface area contributed by atoms with E-state index in [0.29, 0.717) is 43.3 Å². The van der Waals surface area contributed by atoms with E-state index in [4.69, 9.17) is 16.3 Å². The van der Waals surface area contributed by atoms with Crippen LogP contribution in [0, 0.1) is 0 Å². The number of nitrogens with zero attached hydrogens (tertiary/aromatic N) is 5. The first kappa shape index (κ1) is 22.5. The van der Waals surface area contributed by atoms with Crippen LogP contribution in [-0.2, 0) is 33.8 Å². The zero-order valence-corrected chi connectivity index (χ0v) is 19.0. The highest BCUT2D eigenvalue weighted by Gasteiger charge is 2.33. The molecule has 2 aliphatic heterocycles. The summed E-state index contributed by atoms with van der Waals surface area (Å²) in [5.74, 6) is 0.238. The van der Waals surface area contributed by atoms with Gasteiger partial charge in [-0.05, 0) is 24.5 Å². The van der Waals surface area contributed by atoms with E-state index in [1.165, 1.54) is 11.8 Å². The van der Waals surface area contributed by atoms with Crippen molar-refractivity contribution in [3.8, 4) is 0 Å². The largest absolute Gasteiger partial charge is 0.468 e. The highest BCUT2D eigenvalue weighted by molar-refractivity contribution is 6.31. The summed E-state index contributed by atoms with van der Waals surface area (Å²) in [6.45, 7) is 2.47. The molecule has 0 radical (unpaired) electrons. The summed E-state index contributed by atoms with van der Waals surface area (Å²) in [5.41, 5.74) is 0.477. The van der Waals surface area contributed by atoms with Crippen molar-refractivity contribution in [2.45, 2.75) is 44.8 Å². The molecular weight excluding hydrogens is 434 g/mol. The van der Waals surface area contributed by atoms with Crippen molar-refractivity contribution in [2.75, 3.05) is 33.3 Å². The first-order chi connectivity index (χ1) is 15.5. The number of esters is 1. The van der Waals surface area contributed by atoms with Gasteiger partial charge < -0.3 is 9.64 Å². The Kier molecular flexibility index (Phi) is 6.95. The van der Waals surface area contributed by atoms with Gasteiger partial charge in [0.2, 0.25) is 5.91 Å². The third kappa shape index (κ3) is 4.59. The van der Waals surface area contributed by atoms with E-state index >= 15 is 0 Å². The Labute approximate surface area is 191 Å². The predicted molar refractivity (Wildman–Crippen MR) is 118 cm³/mol. The van der Waals surface area contributed by atoms with Crippen molar-refractivity contribution >= 4 is 23.5 Å². The lowest BCUT2D eigenvalue weighted by molar-refractivity contribution is -0.148. The van der Waals surface area contributed by atoms with E-state index < -0.39 is 6.04 Å². The molecular formula is C22H28ClN5O4. The molecule has 1 unspecified atom stereocenters. The number of hydrogen-bond acceptors (Lipinski definition) is 6. The average Bonchev–Trinajstić information content (AvgIpc) is 2.95. The number of hydrogen-bond donors (Lipinski definition) is 0. The van der Waals surface area contributed by atoms with E-state index in [1.54, 1.807) is 15.5 Å². The fraction of sp³-hybridized carbons (Fsp3) is 0.545. The van der Waals surface area contributed by atoms with E-state index in [2.05, 4.69) is 5.10 Å². The molecule has 1 saturated heterocycles. The SMILES string of the molecule is COC(=O)C(c1ccccc1Cl)N1CCN(C(=O)Cn2nc3n(c2=O)CCCCC3)CC1. The van der Waals surface area contributed by atoms with Gasteiger partial charge in [0.15, 0.2) is 0 Å². The summed E-state index contributed by atoms with van der Waals surface area (Å²) in [7, 11) is 1.36. The zero-order chi connectivity index (χ0) is 22.7. The van der Waals surface area contributed by atoms with Gasteiger partial charge in [-0.15, -0.1) is 0 Å². The van der Waals surface area contributed by atoms with Crippen LogP contribution in [0.4, 0.5) is 0 Å². The van der Waals surface area contributed by atoms with Crippen LogP contribution in [0.15, 0.2) is 29.1 Å². The smallest absolute Gasteiger partial charge is 0.346 e. The Bertz CT molecular complexity index is 1040. The lowest BCUT2D eigenvalue weighted by Gasteiger charge is -2.38. The molecule has 10 heteroatoms. The Morgan fingerprint density at radius 2 is 1.84 bits per heavy atom. The fourth-order valence-electron chi connectivity index (χ4n) is 4.47. The van der Waals surface area contributed by atoms with E-state index in [-0.39, 0.29) is 24.1 Å². The number of ether oxygens (including phenoxy) is 1. The molecule has 2 aliphatic rings. The lowest BCUT2D eigenvalue weighted by Crippen LogP contribution is -2.52. The summed E-state index contributed by atoms with van der Waals surface area (Å²) >= 11 is 6.34. The molecule has 1 aromatic heterocycles. The summed E-state index contributed by atoms with van der Waals surface area (Å²) < 4.78 is 8.01. The number of carbonyl (C=O) groups excluding carboxylic acids is 2. The summed E-state index contributed by atoms with van der Waals surface area (Å²) in [6.07, 6.45) is 3.83. The van der Waals surface area contributed by atoms with E-state index in [9.17, 15) is 14.4 Å². The minimum absolute atomic E-state index is 0.0657. The van der Waals surface area contributed by atoms with Gasteiger partial charge in [0.1, 0.15) is 18.4 Å². The maximum Gasteiger partial charge on any atom is 0.346 e. The molecule has 0 saturated carbocycles. The number of methoxy groups -OCH3 is 1. The molecule has 2 aromatic rings. The number of aromatic nitrogens is 3. The predicted octanol–water partition coefficient (Wildman–Crippen LogP) is 1.48. The average molecular weight is 462 g/mol. The Balaban J connectivity index is 1.42. The second kappa shape index (κ2) is 9.87. The van der Waals surface area contributed by atoms with Gasteiger partial charge in [-0.2, -0.15) is 5.10 Å². The van der Waals surface area contributed by atoms with Crippen LogP contribution in [0.3, 0.4) is 0 Å². The monoisotopic (exact) mass is 461 g/mol. The zero-order valence-electron chi connectivity index (χ0n) is 18.2. The van der Waals surface area contributed by atoms with Gasteiger partial charge in [0.25, 0.3) is 0 Å². The molecule has 9 nitrogen and oxygen atoms in total. The molecule has 0 spiro atoms. The summed E-state index contributed by atoms with van der Waals surface area (Å²) in [4.78, 5) is 41.7. The molecule has 1 fully saturated rings. The van der Waals surface area contributed by atoms with Crippen LogP contribution in [0.1, 0.15) is 36.7 Å². The number of piperazine rings is 1. The second-order valence-electron chi connectivity index (χ2n) is 8.18. The van der Waals surface area contributed by atoms with Gasteiger partial charge in [-0.3, -0.25) is 14.3 Å². The maximum absolute atomic E-state index is 12.9. The standard InChI is InChI=1S/C22H28ClN5O4/c1-32-21(30)20(16-7-4-5-8-17(16)23)26-13-11-25(12-14-26)19(29)15-28-22(31)27-10-6-2-3-9-18(27)24-28/h4-5,7-8,20H,2-3,6,9-15H2,1H3. The van der Waals surface area contributed by atoms with Gasteiger partial charge in [-0.1, -0.05) is 36.2 Å². The molecule has 1 aromatic carbocycles. The molecule has 32 heavy (non-hydrogen) atoms. The fourth-order valence-corrected chi connectivity index (χ4v) is 4.71. The first-order valence-corrected chi connectivity index (χ1v) is 11.4. The summed E-state index contributed by atoms with van der Waals surface area (Å²) in [5, 5.41) is 4.91. The van der Waals surface area contributed by atoms with Crippen molar-refractivity contribution in [3.05, 3.63) is 51.2 Å². The molecule has 0 aliphatic carbocycles. The molecule has 0 N–H and O–H groups in total. The number of fused-ring (bicyclic) bond motifs is 1. The van der Waals surface area contributed by atoms with Crippen LogP contribution in [-0.4, -0.2) is 69.3 Å². The number of aryl methyl sites for hydroxylation is 1. The molecule has 3 heterocycles. The van der Waals surface area contributed by atoms with Gasteiger partial charge >= 0.3 is 11.7 Å². The van der Waals surface area contributed by atoms with Gasteiger partial charge in [0, 0.05) is 44.2 Å². The van der Waals surface area contributed by atoms with Crippen LogP contribution < -0.4 is 5.69 Å². The quantitative estimate of drug-likeness (QED) is 0.626. The maximum atomic E-state index is 12.9. The molecule has 0 bridgehead atoms. The van der Waals surface area contributed by atoms with E-state index in [0.717, 1.165) is 31.5 Å². The van der Waals surface area contributed by atoms with Crippen molar-refractivity contribution in [2.24, 2.45) is 0 Å². The van der Waals surface area contributed by atoms with Crippen LogP contribution >= 0.6 is 11.6 Å². The van der Waals surface area contributed by atoms with Crippen molar-refractivity contribution in [1.29, 1.82) is 0 Å². The van der Waals surface area contributed by atoms with Crippen molar-refractivity contribution in [3.63, 3.8) is 0 Å². The minimum Gasteiger partial charge on any atom is -0.468 e. The van der Waals surface area contributed by atoms with Crippen LogP contribution in [0.25, 0.3) is 0 Å². The molecule has 1 atom stereocenters. The number of carbonyl (C=O) groups is 2. The lowest BCUT2D eigenvalue weighted by atomic mass is 10.0. The van der Waals surface area contributed by atoms with Gasteiger partial charge in [-0.25, -0.2) is 14.3 Å². The highest BCUT2D eigenvalue weighted by Crippen LogP contribution is 2.29. The number of halogens is 1. The minimum atomic E-state index is -0.627. The van der Waals surface area contributed by atoms with Crippen LogP contribution in [0.2, 0.25) is 5.02 Å². The first-order valence-electron chi connectivity index (χ1n) is 11.0. The number of rotatable bonds is 5. The van der Waals surface area contributed by atoms with Crippen molar-refractivity contribution < 1.29 is 14.3 Å². The summed E-state index contributed by atoms with van der Waals surface area (Å²) in [6, 6.07) is 6.58. The number of amides is 1. The third-order valence-electron chi connectivity index (χ3n) is 6.22. The third-order valence-corrected chi connectivity index (χ3v) is 6.57. The molecule has 172 valence electrons.